The summed E-state index contributed by atoms with van der Waals surface area (Å²) in [4.78, 5) is 23.2. The highest BCUT2D eigenvalue weighted by Crippen LogP contribution is 2.31. The molecule has 0 saturated heterocycles. The van der Waals surface area contributed by atoms with Crippen LogP contribution < -0.4 is 9.16 Å². The maximum atomic E-state index is 11.9. The number of benzene rings is 2. The van der Waals surface area contributed by atoms with Crippen LogP contribution in [0.15, 0.2) is 54.6 Å². The van der Waals surface area contributed by atoms with Gasteiger partial charge in [0.15, 0.2) is 5.75 Å². The van der Waals surface area contributed by atoms with Crippen molar-refractivity contribution in [1.82, 2.24) is 0 Å². The zero-order valence-electron chi connectivity index (χ0n) is 16.0. The van der Waals surface area contributed by atoms with Gasteiger partial charge in [-0.05, 0) is 49.0 Å². The lowest BCUT2D eigenvalue weighted by molar-refractivity contribution is -0.139. The maximum Gasteiger partial charge on any atom is 0.331 e. The Morgan fingerprint density at radius 3 is 2.33 bits per heavy atom. The van der Waals surface area contributed by atoms with E-state index in [9.17, 15) is 9.59 Å². The van der Waals surface area contributed by atoms with Gasteiger partial charge in [-0.15, -0.1) is 0 Å². The van der Waals surface area contributed by atoms with Gasteiger partial charge in [0.25, 0.3) is 0 Å². The third kappa shape index (κ3) is 7.50. The fraction of sp³-hybridized carbons (Fsp3) is 0.238. The molecule has 0 amide bonds. The van der Waals surface area contributed by atoms with Crippen molar-refractivity contribution in [2.24, 2.45) is 0 Å². The van der Waals surface area contributed by atoms with E-state index in [0.29, 0.717) is 11.5 Å². The molecule has 0 aliphatic carbocycles. The van der Waals surface area contributed by atoms with Crippen LogP contribution in [-0.4, -0.2) is 20.3 Å². The number of carbonyl (C=O) groups excluding carboxylic acids is 2. The van der Waals surface area contributed by atoms with E-state index in [1.54, 1.807) is 24.3 Å². The number of hydrogen-bond acceptors (Lipinski definition) is 5. The normalized spacial score (nSPS) is 11.3. The van der Waals surface area contributed by atoms with Crippen LogP contribution in [0.1, 0.15) is 18.1 Å². The molecule has 0 spiro atoms. The van der Waals surface area contributed by atoms with Crippen molar-refractivity contribution in [2.45, 2.75) is 33.2 Å². The highest BCUT2D eigenvalue weighted by molar-refractivity contribution is 6.70. The van der Waals surface area contributed by atoms with Gasteiger partial charge < -0.3 is 13.9 Å². The van der Waals surface area contributed by atoms with Crippen molar-refractivity contribution in [1.29, 1.82) is 0 Å². The molecule has 0 aliphatic rings. The lowest BCUT2D eigenvalue weighted by atomic mass is 10.2. The Kier molecular flexibility index (Phi) is 6.96. The van der Waals surface area contributed by atoms with Crippen LogP contribution in [0.3, 0.4) is 0 Å². The fourth-order valence-corrected chi connectivity index (χ4v) is 3.04. The first kappa shape index (κ1) is 20.4. The van der Waals surface area contributed by atoms with Gasteiger partial charge in [0.05, 0.1) is 0 Å². The molecule has 0 N–H and O–H groups in total. The van der Waals surface area contributed by atoms with Gasteiger partial charge in [0.1, 0.15) is 12.4 Å². The predicted molar refractivity (Wildman–Crippen MR) is 107 cm³/mol. The van der Waals surface area contributed by atoms with Crippen LogP contribution in [0.25, 0.3) is 6.08 Å². The van der Waals surface area contributed by atoms with E-state index in [2.05, 4.69) is 0 Å². The molecule has 0 radical (unpaired) electrons. The van der Waals surface area contributed by atoms with Crippen molar-refractivity contribution in [3.63, 3.8) is 0 Å². The van der Waals surface area contributed by atoms with Crippen molar-refractivity contribution < 1.29 is 23.5 Å². The smallest absolute Gasteiger partial charge is 0.331 e. The number of esters is 2. The molecule has 0 heterocycles. The lowest BCUT2D eigenvalue weighted by Crippen LogP contribution is -2.29. The molecule has 0 fully saturated rings. The van der Waals surface area contributed by atoms with E-state index in [1.807, 2.05) is 50.0 Å². The molecule has 0 saturated carbocycles. The molecule has 2 aromatic carbocycles. The standard InChI is InChI=1S/C21H24O5Si/c1-16(22)25-19-12-10-17(14-20(19)26-27(2,3)4)11-13-21(23)24-15-18-8-6-5-7-9-18/h5-14H,15H2,1-4H3/b13-11+. The second-order valence-corrected chi connectivity index (χ2v) is 11.4. The minimum atomic E-state index is -1.91. The predicted octanol–water partition coefficient (Wildman–Crippen LogP) is 4.58. The van der Waals surface area contributed by atoms with Crippen LogP contribution in [0, 0.1) is 0 Å². The van der Waals surface area contributed by atoms with Gasteiger partial charge in [-0.2, -0.15) is 0 Å². The van der Waals surface area contributed by atoms with Crippen molar-refractivity contribution in [3.8, 4) is 11.5 Å². The van der Waals surface area contributed by atoms with Crippen molar-refractivity contribution >= 4 is 26.3 Å². The molecular formula is C21H24O5Si. The maximum absolute atomic E-state index is 11.9. The Morgan fingerprint density at radius 2 is 1.70 bits per heavy atom. The first-order valence-corrected chi connectivity index (χ1v) is 12.0. The van der Waals surface area contributed by atoms with Crippen molar-refractivity contribution in [2.75, 3.05) is 0 Å². The quantitative estimate of drug-likeness (QED) is 0.303. The number of ether oxygens (including phenoxy) is 2. The van der Waals surface area contributed by atoms with Gasteiger partial charge in [-0.3, -0.25) is 4.79 Å². The van der Waals surface area contributed by atoms with Gasteiger partial charge in [-0.25, -0.2) is 4.79 Å². The first-order valence-electron chi connectivity index (χ1n) is 8.63. The average molecular weight is 385 g/mol. The van der Waals surface area contributed by atoms with E-state index < -0.39 is 20.3 Å². The molecule has 0 unspecified atom stereocenters. The summed E-state index contributed by atoms with van der Waals surface area (Å²) in [6.45, 7) is 7.67. The molecule has 142 valence electrons. The van der Waals surface area contributed by atoms with Crippen LogP contribution >= 0.6 is 0 Å². The molecule has 6 heteroatoms. The van der Waals surface area contributed by atoms with Gasteiger partial charge in [0, 0.05) is 13.0 Å². The third-order valence-corrected chi connectivity index (χ3v) is 4.11. The van der Waals surface area contributed by atoms with Crippen LogP contribution in [0.4, 0.5) is 0 Å². The molecule has 0 aromatic heterocycles. The SMILES string of the molecule is CC(=O)Oc1ccc(/C=C/C(=O)OCc2ccccc2)cc1O[Si](C)(C)C. The summed E-state index contributed by atoms with van der Waals surface area (Å²) in [7, 11) is -1.91. The van der Waals surface area contributed by atoms with Crippen LogP contribution in [0.5, 0.6) is 11.5 Å². The van der Waals surface area contributed by atoms with E-state index >= 15 is 0 Å². The molecule has 2 rings (SSSR count). The Bertz CT molecular complexity index is 822. The summed E-state index contributed by atoms with van der Waals surface area (Å²) in [5.74, 6) is 0.0108. The van der Waals surface area contributed by atoms with Crippen LogP contribution in [0.2, 0.25) is 19.6 Å². The summed E-state index contributed by atoms with van der Waals surface area (Å²) in [6.07, 6.45) is 3.00. The van der Waals surface area contributed by atoms with E-state index in [1.165, 1.54) is 13.0 Å². The lowest BCUT2D eigenvalue weighted by Gasteiger charge is -2.21. The summed E-state index contributed by atoms with van der Waals surface area (Å²) >= 11 is 0. The monoisotopic (exact) mass is 384 g/mol. The highest BCUT2D eigenvalue weighted by atomic mass is 28.4. The summed E-state index contributed by atoms with van der Waals surface area (Å²) in [6, 6.07) is 14.6. The summed E-state index contributed by atoms with van der Waals surface area (Å²) in [5, 5.41) is 0. The average Bonchev–Trinajstić information content (AvgIpc) is 2.59. The topological polar surface area (TPSA) is 61.8 Å². The van der Waals surface area contributed by atoms with E-state index in [0.717, 1.165) is 11.1 Å². The number of hydrogen-bond donors (Lipinski definition) is 0. The second kappa shape index (κ2) is 9.18. The number of rotatable bonds is 7. The van der Waals surface area contributed by atoms with Crippen molar-refractivity contribution in [3.05, 3.63) is 65.7 Å². The van der Waals surface area contributed by atoms with E-state index in [-0.39, 0.29) is 6.61 Å². The highest BCUT2D eigenvalue weighted by Gasteiger charge is 2.19. The Hall–Kier alpha value is -2.86. The van der Waals surface area contributed by atoms with Gasteiger partial charge >= 0.3 is 11.9 Å². The Morgan fingerprint density at radius 1 is 1.00 bits per heavy atom. The second-order valence-electron chi connectivity index (χ2n) is 6.94. The number of carbonyl (C=O) groups is 2. The molecule has 0 bridgehead atoms. The molecular weight excluding hydrogens is 360 g/mol. The van der Waals surface area contributed by atoms with Crippen LogP contribution in [-0.2, 0) is 20.9 Å². The summed E-state index contributed by atoms with van der Waals surface area (Å²) in [5.41, 5.74) is 1.67. The van der Waals surface area contributed by atoms with E-state index in [4.69, 9.17) is 13.9 Å². The Balaban J connectivity index is 2.08. The molecule has 5 nitrogen and oxygen atoms in total. The molecule has 27 heavy (non-hydrogen) atoms. The largest absolute Gasteiger partial charge is 0.542 e. The minimum absolute atomic E-state index is 0.222. The first-order chi connectivity index (χ1) is 12.7. The third-order valence-electron chi connectivity index (χ3n) is 3.27. The molecule has 0 atom stereocenters. The Labute approximate surface area is 160 Å². The minimum Gasteiger partial charge on any atom is -0.542 e. The molecule has 2 aromatic rings. The molecule has 0 aliphatic heterocycles. The summed E-state index contributed by atoms with van der Waals surface area (Å²) < 4.78 is 16.4. The zero-order chi connectivity index (χ0) is 19.9. The van der Waals surface area contributed by atoms with Gasteiger partial charge in [0.2, 0.25) is 8.32 Å². The van der Waals surface area contributed by atoms with Gasteiger partial charge in [-0.1, -0.05) is 36.4 Å². The fourth-order valence-electron chi connectivity index (χ4n) is 2.22. The zero-order valence-corrected chi connectivity index (χ0v) is 17.0.